The highest BCUT2D eigenvalue weighted by molar-refractivity contribution is 8.06. The molecule has 73 heavy (non-hydrogen) atoms. The predicted molar refractivity (Wildman–Crippen MR) is 290 cm³/mol. The number of para-hydroxylation sites is 5. The van der Waals surface area contributed by atoms with Gasteiger partial charge in [0.25, 0.3) is 6.69 Å². The maximum absolute atomic E-state index is 15.2. The lowest BCUT2D eigenvalue weighted by atomic mass is 9.99. The molecule has 0 saturated heterocycles. The highest BCUT2D eigenvalue weighted by Crippen LogP contribution is 2.25. The lowest BCUT2D eigenvalue weighted by Crippen LogP contribution is -2.60. The van der Waals surface area contributed by atoms with Gasteiger partial charge in [-0.25, -0.2) is 12.5 Å². The molecule has 368 valence electrons. The lowest BCUT2D eigenvalue weighted by molar-refractivity contribution is -0.134. The molecule has 5 heterocycles. The number of amides is 5. The van der Waals surface area contributed by atoms with Crippen LogP contribution in [0.4, 0.5) is 0 Å². The first-order valence-electron chi connectivity index (χ1n) is 24.2. The third-order valence-corrected chi connectivity index (χ3v) is 13.9. The number of primary amides is 1. The number of fused-ring (bicyclic) bond motifs is 5. The van der Waals surface area contributed by atoms with E-state index in [1.54, 1.807) is 18.6 Å². The summed E-state index contributed by atoms with van der Waals surface area (Å²) in [6.07, 6.45) is 9.52. The van der Waals surface area contributed by atoms with Gasteiger partial charge in [-0.05, 0) is 64.6 Å². The van der Waals surface area contributed by atoms with Crippen molar-refractivity contribution in [1.29, 1.82) is 0 Å². The molecular formula is C55H54BN11O5S. The summed E-state index contributed by atoms with van der Waals surface area (Å²) in [5, 5.41) is 19.5. The molecule has 5 atom stereocenters. The van der Waals surface area contributed by atoms with Gasteiger partial charge in [0.1, 0.15) is 24.2 Å². The van der Waals surface area contributed by atoms with Gasteiger partial charge in [0.15, 0.2) is 0 Å². The summed E-state index contributed by atoms with van der Waals surface area (Å²) in [5.74, 6) is -3.14. The Labute approximate surface area is 425 Å². The third-order valence-electron chi connectivity index (χ3n) is 13.7. The van der Waals surface area contributed by atoms with E-state index < -0.39 is 59.7 Å². The van der Waals surface area contributed by atoms with Crippen LogP contribution in [0.5, 0.6) is 0 Å². The molecule has 12 N–H and O–H groups in total. The smallest absolute Gasteiger partial charge is 0.267 e. The van der Waals surface area contributed by atoms with Crippen molar-refractivity contribution in [2.75, 3.05) is 0 Å². The van der Waals surface area contributed by atoms with Crippen molar-refractivity contribution in [2.24, 2.45) is 5.73 Å². The van der Waals surface area contributed by atoms with Crippen LogP contribution in [0, 0.1) is 0 Å². The van der Waals surface area contributed by atoms with Crippen LogP contribution in [-0.2, 0) is 56.1 Å². The molecule has 0 aliphatic carbocycles. The molecule has 16 nitrogen and oxygen atoms in total. The van der Waals surface area contributed by atoms with Crippen molar-refractivity contribution >= 4 is 103 Å². The Bertz CT molecular complexity index is 3630. The number of carbonyl (C=O) groups is 5. The Balaban J connectivity index is 0.967. The van der Waals surface area contributed by atoms with Gasteiger partial charge in [0, 0.05) is 111 Å². The monoisotopic (exact) mass is 991 g/mol. The molecule has 0 radical (unpaired) electrons. The van der Waals surface area contributed by atoms with E-state index in [9.17, 15) is 14.4 Å². The number of H-pyrrole nitrogens is 5. The normalized spacial score (nSPS) is 13.7. The Morgan fingerprint density at radius 2 is 0.616 bits per heavy atom. The van der Waals surface area contributed by atoms with Crippen LogP contribution in [0.2, 0.25) is 0 Å². The second kappa shape index (κ2) is 21.5. The van der Waals surface area contributed by atoms with Gasteiger partial charge in [-0.15, -0.1) is 0 Å². The van der Waals surface area contributed by atoms with E-state index >= 15 is 9.59 Å². The zero-order chi connectivity index (χ0) is 50.4. The van der Waals surface area contributed by atoms with E-state index in [0.29, 0.717) is 6.42 Å². The minimum atomic E-state index is -1.27. The number of carbonyl (C=O) groups excluding carboxylic acids is 5. The number of aromatic amines is 5. The maximum atomic E-state index is 15.2. The van der Waals surface area contributed by atoms with Crippen LogP contribution in [0.3, 0.4) is 0 Å². The summed E-state index contributed by atoms with van der Waals surface area (Å²) in [6.45, 7) is 0.184. The van der Waals surface area contributed by atoms with Crippen LogP contribution in [0.15, 0.2) is 152 Å². The zero-order valence-electron chi connectivity index (χ0n) is 39.6. The fourth-order valence-corrected chi connectivity index (χ4v) is 10.1. The number of hydrogen-bond donors (Lipinski definition) is 12. The second-order valence-electron chi connectivity index (χ2n) is 18.4. The average molecular weight is 992 g/mol. The summed E-state index contributed by atoms with van der Waals surface area (Å²) in [6, 6.07) is 32.7. The Morgan fingerprint density at radius 1 is 0.384 bits per heavy atom. The molecule has 0 aliphatic rings. The quantitative estimate of drug-likeness (QED) is 0.0341. The Hall–Kier alpha value is -8.48. The maximum Gasteiger partial charge on any atom is 0.267 e. The van der Waals surface area contributed by atoms with Crippen LogP contribution < -0.4 is 32.2 Å². The van der Waals surface area contributed by atoms with Crippen LogP contribution in [0.25, 0.3) is 54.5 Å². The van der Waals surface area contributed by atoms with E-state index in [4.69, 9.17) is 5.73 Å². The number of thiol groups is 1. The van der Waals surface area contributed by atoms with E-state index in [0.717, 1.165) is 82.3 Å². The highest BCUT2D eigenvalue weighted by atomic mass is 32.1. The third kappa shape index (κ3) is 10.6. The van der Waals surface area contributed by atoms with E-state index in [-0.39, 0.29) is 32.4 Å². The van der Waals surface area contributed by atoms with Gasteiger partial charge in [0.05, 0.1) is 6.04 Å². The molecule has 5 unspecified atom stereocenters. The van der Waals surface area contributed by atoms with E-state index in [2.05, 4.69) is 63.9 Å². The van der Waals surface area contributed by atoms with Crippen LogP contribution in [0.1, 0.15) is 27.8 Å². The van der Waals surface area contributed by atoms with Crippen molar-refractivity contribution in [3.05, 3.63) is 180 Å². The number of hydrogen-bond acceptors (Lipinski definition) is 7. The molecule has 0 fully saturated rings. The summed E-state index contributed by atoms with van der Waals surface area (Å²) < 4.78 is 0. The Kier molecular flexibility index (Phi) is 14.2. The summed E-state index contributed by atoms with van der Waals surface area (Å²) in [4.78, 5) is 88.8. The van der Waals surface area contributed by atoms with E-state index in [1.807, 2.05) is 134 Å². The second-order valence-corrected chi connectivity index (χ2v) is 18.7. The van der Waals surface area contributed by atoms with Gasteiger partial charge >= 0.3 is 0 Å². The molecule has 0 bridgehead atoms. The van der Waals surface area contributed by atoms with Gasteiger partial charge in [-0.3, -0.25) is 24.0 Å². The van der Waals surface area contributed by atoms with Crippen molar-refractivity contribution < 1.29 is 24.0 Å². The molecule has 5 aromatic carbocycles. The van der Waals surface area contributed by atoms with Crippen molar-refractivity contribution in [1.82, 2.24) is 51.4 Å². The van der Waals surface area contributed by atoms with Crippen LogP contribution >= 0.6 is 12.5 Å². The van der Waals surface area contributed by atoms with Crippen molar-refractivity contribution in [3.8, 4) is 0 Å². The molecular weight excluding hydrogens is 938 g/mol. The number of nitrogens with one attached hydrogen (secondary N) is 10. The van der Waals surface area contributed by atoms with E-state index in [1.165, 1.54) is 0 Å². The van der Waals surface area contributed by atoms with Crippen molar-refractivity contribution in [2.45, 2.75) is 62.3 Å². The molecule has 0 saturated carbocycles. The van der Waals surface area contributed by atoms with Crippen molar-refractivity contribution in [3.63, 3.8) is 0 Å². The minimum Gasteiger partial charge on any atom is -0.368 e. The first-order valence-corrected chi connectivity index (χ1v) is 24.8. The zero-order valence-corrected chi connectivity index (χ0v) is 40.5. The molecule has 0 aliphatic heterocycles. The van der Waals surface area contributed by atoms with Crippen LogP contribution in [-0.4, -0.2) is 91.4 Å². The fraction of sp³-hybridized carbons (Fsp3) is 0.182. The molecule has 18 heteroatoms. The summed E-state index contributed by atoms with van der Waals surface area (Å²) in [7, 11) is 0. The molecule has 5 amide bonds. The average Bonchev–Trinajstić information content (AvgIpc) is 4.27. The Morgan fingerprint density at radius 3 is 0.890 bits per heavy atom. The SMILES string of the molecule is NC(=O)C(Cc1c[nH]c2ccccc12)NC(=O)C(Cc1c[nH]c2ccccc12)NC(=O)C(Cc1c[nH]c2ccccc12)NC(=O)C(Cc1c[nH]c2ccccc12)NC(=O)C(Cc1c[nH]c2ccccc12)NBS. The highest BCUT2D eigenvalue weighted by Gasteiger charge is 2.34. The molecule has 10 rings (SSSR count). The van der Waals surface area contributed by atoms with Gasteiger partial charge < -0.3 is 57.1 Å². The fourth-order valence-electron chi connectivity index (χ4n) is 9.91. The summed E-state index contributed by atoms with van der Waals surface area (Å²) >= 11 is 4.42. The largest absolute Gasteiger partial charge is 0.368 e. The lowest BCUT2D eigenvalue weighted by Gasteiger charge is -2.27. The molecule has 5 aromatic heterocycles. The first kappa shape index (κ1) is 48.2. The van der Waals surface area contributed by atoms with Gasteiger partial charge in [-0.2, -0.15) is 0 Å². The van der Waals surface area contributed by atoms with Gasteiger partial charge in [0.2, 0.25) is 29.5 Å². The predicted octanol–water partition coefficient (Wildman–Crippen LogP) is 5.19. The number of rotatable bonds is 21. The molecule has 0 spiro atoms. The topological polar surface area (TPSA) is 250 Å². The summed E-state index contributed by atoms with van der Waals surface area (Å²) in [5.41, 5.74) is 14.2. The minimum absolute atomic E-state index is 0.00559. The standard InChI is InChI=1S/C55H54BN11O5S/c57-51(68)46(21-31-26-58-41-16-6-1-11-36(31)41)63-52(69)47(22-32-27-59-42-17-7-2-12-37(32)42)64-53(70)48(23-33-28-60-43-18-8-3-13-38(33)43)65-54(71)49(24-34-29-61-44-19-9-4-14-39(34)44)66-55(72)50(67-56-73)25-35-30-62-45-20-10-5-15-40(35)45/h1-20,26-30,46-50,56,58-62,67,73H,21-25H2,(H2,57,68)(H,63,69)(H,64,70)(H,65,71)(H,66,72). The number of nitrogens with two attached hydrogens (primary N) is 1. The number of benzene rings is 5. The molecule has 10 aromatic rings. The van der Waals surface area contributed by atoms with Gasteiger partial charge in [-0.1, -0.05) is 91.0 Å². The first-order chi connectivity index (χ1) is 35.6. The number of aromatic nitrogens is 5.